The number of aryl methyl sites for hydroxylation is 1. The lowest BCUT2D eigenvalue weighted by atomic mass is 10.1. The van der Waals surface area contributed by atoms with Crippen LogP contribution in [-0.2, 0) is 17.8 Å². The normalized spacial score (nSPS) is 10.6. The van der Waals surface area contributed by atoms with Gasteiger partial charge in [-0.2, -0.15) is 0 Å². The zero-order valence-corrected chi connectivity index (χ0v) is 17.9. The average molecular weight is 417 g/mol. The molecule has 2 amide bonds. The van der Waals surface area contributed by atoms with Gasteiger partial charge in [0.05, 0.1) is 11.0 Å². The number of hydrogen-bond donors (Lipinski definition) is 1. The number of fused-ring (bicyclic) bond motifs is 1. The van der Waals surface area contributed by atoms with Crippen LogP contribution < -0.4 is 5.32 Å². The molecule has 1 heterocycles. The Balaban J connectivity index is 1.75. The predicted octanol–water partition coefficient (Wildman–Crippen LogP) is 3.52. The molecule has 2 aromatic carbocycles. The predicted molar refractivity (Wildman–Crippen MR) is 124 cm³/mol. The van der Waals surface area contributed by atoms with Crippen LogP contribution >= 0.6 is 0 Å². The number of imidazole rings is 1. The highest BCUT2D eigenvalue weighted by Gasteiger charge is 2.17. The molecular formula is C25H28N4O2. The van der Waals surface area contributed by atoms with Crippen LogP contribution in [0.2, 0.25) is 0 Å². The molecule has 0 saturated carbocycles. The molecule has 1 N–H and O–H groups in total. The Morgan fingerprint density at radius 2 is 1.74 bits per heavy atom. The average Bonchev–Trinajstić information content (AvgIpc) is 3.11. The summed E-state index contributed by atoms with van der Waals surface area (Å²) in [6.07, 6.45) is 3.92. The van der Waals surface area contributed by atoms with Gasteiger partial charge in [0.15, 0.2) is 0 Å². The van der Waals surface area contributed by atoms with Crippen molar-refractivity contribution in [1.82, 2.24) is 19.8 Å². The number of carbonyl (C=O) groups is 2. The topological polar surface area (TPSA) is 67.2 Å². The second-order valence-corrected chi connectivity index (χ2v) is 7.35. The number of benzene rings is 2. The Morgan fingerprint density at radius 1 is 1.06 bits per heavy atom. The van der Waals surface area contributed by atoms with Crippen molar-refractivity contribution in [2.75, 3.05) is 19.6 Å². The summed E-state index contributed by atoms with van der Waals surface area (Å²) in [7, 11) is 0. The maximum Gasteiger partial charge on any atom is 0.251 e. The third kappa shape index (κ3) is 5.48. The van der Waals surface area contributed by atoms with Gasteiger partial charge in [0.1, 0.15) is 12.4 Å². The second kappa shape index (κ2) is 10.4. The molecule has 0 aliphatic rings. The summed E-state index contributed by atoms with van der Waals surface area (Å²) >= 11 is 0. The number of aromatic nitrogens is 2. The van der Waals surface area contributed by atoms with Gasteiger partial charge in [0, 0.05) is 31.6 Å². The molecule has 0 unspecified atom stereocenters. The minimum absolute atomic E-state index is 0.0344. The first kappa shape index (κ1) is 22.0. The highest BCUT2D eigenvalue weighted by atomic mass is 16.2. The summed E-state index contributed by atoms with van der Waals surface area (Å²) in [6.45, 7) is 11.0. The highest BCUT2D eigenvalue weighted by molar-refractivity contribution is 5.94. The lowest BCUT2D eigenvalue weighted by molar-refractivity contribution is -0.130. The Kier molecular flexibility index (Phi) is 7.38. The van der Waals surface area contributed by atoms with Crippen LogP contribution in [0, 0.1) is 6.92 Å². The molecule has 0 saturated heterocycles. The number of carbonyl (C=O) groups excluding carboxylic acids is 2. The van der Waals surface area contributed by atoms with E-state index in [-0.39, 0.29) is 18.4 Å². The molecule has 0 aliphatic carbocycles. The van der Waals surface area contributed by atoms with Gasteiger partial charge < -0.3 is 14.8 Å². The van der Waals surface area contributed by atoms with Crippen LogP contribution in [0.5, 0.6) is 0 Å². The fraction of sp³-hybridized carbons (Fsp3) is 0.240. The monoisotopic (exact) mass is 416 g/mol. The molecule has 3 aromatic rings. The van der Waals surface area contributed by atoms with Crippen LogP contribution in [0.1, 0.15) is 21.7 Å². The fourth-order valence-corrected chi connectivity index (χ4v) is 3.41. The summed E-state index contributed by atoms with van der Waals surface area (Å²) in [4.78, 5) is 31.7. The maximum absolute atomic E-state index is 12.9. The van der Waals surface area contributed by atoms with Crippen LogP contribution in [0.15, 0.2) is 73.8 Å². The van der Waals surface area contributed by atoms with Crippen molar-refractivity contribution in [3.05, 3.63) is 90.8 Å². The van der Waals surface area contributed by atoms with Crippen molar-refractivity contribution >= 4 is 22.8 Å². The molecule has 0 radical (unpaired) electrons. The lowest BCUT2D eigenvalue weighted by Gasteiger charge is -2.20. The van der Waals surface area contributed by atoms with E-state index >= 15 is 0 Å². The summed E-state index contributed by atoms with van der Waals surface area (Å²) in [5.41, 5.74) is 3.46. The first-order chi connectivity index (χ1) is 15.0. The summed E-state index contributed by atoms with van der Waals surface area (Å²) < 4.78 is 1.93. The van der Waals surface area contributed by atoms with Crippen LogP contribution in [0.4, 0.5) is 0 Å². The highest BCUT2D eigenvalue weighted by Crippen LogP contribution is 2.17. The van der Waals surface area contributed by atoms with E-state index in [0.717, 1.165) is 22.4 Å². The fourth-order valence-electron chi connectivity index (χ4n) is 3.41. The van der Waals surface area contributed by atoms with Crippen molar-refractivity contribution in [2.45, 2.75) is 19.9 Å². The Morgan fingerprint density at radius 3 is 2.42 bits per heavy atom. The van der Waals surface area contributed by atoms with Crippen molar-refractivity contribution in [1.29, 1.82) is 0 Å². The molecule has 3 rings (SSSR count). The molecule has 0 aliphatic heterocycles. The zero-order chi connectivity index (χ0) is 22.2. The van der Waals surface area contributed by atoms with E-state index < -0.39 is 0 Å². The van der Waals surface area contributed by atoms with Gasteiger partial charge in [-0.1, -0.05) is 42.0 Å². The molecule has 0 atom stereocenters. The van der Waals surface area contributed by atoms with E-state index in [2.05, 4.69) is 18.5 Å². The van der Waals surface area contributed by atoms with Crippen molar-refractivity contribution in [2.24, 2.45) is 0 Å². The smallest absolute Gasteiger partial charge is 0.251 e. The van der Waals surface area contributed by atoms with E-state index in [4.69, 9.17) is 4.98 Å². The van der Waals surface area contributed by atoms with Gasteiger partial charge in [-0.3, -0.25) is 9.59 Å². The Bertz CT molecular complexity index is 1070. The largest absolute Gasteiger partial charge is 0.352 e. The van der Waals surface area contributed by atoms with Crippen molar-refractivity contribution in [3.63, 3.8) is 0 Å². The minimum atomic E-state index is -0.123. The standard InChI is InChI=1S/C25H28N4O2/c1-4-16-28(17-5-2)24(30)18-29-22-9-7-6-8-21(22)27-23(29)14-15-26-25(31)20-12-10-19(3)11-13-20/h4-13H,1-2,14-18H2,3H3,(H,26,31). The molecule has 160 valence electrons. The van der Waals surface area contributed by atoms with Crippen molar-refractivity contribution < 1.29 is 9.59 Å². The van der Waals surface area contributed by atoms with Gasteiger partial charge in [0.2, 0.25) is 5.91 Å². The molecular weight excluding hydrogens is 388 g/mol. The molecule has 0 spiro atoms. The van der Waals surface area contributed by atoms with Crippen LogP contribution in [0.3, 0.4) is 0 Å². The number of nitrogens with zero attached hydrogens (tertiary/aromatic N) is 3. The zero-order valence-electron chi connectivity index (χ0n) is 17.9. The van der Waals surface area contributed by atoms with E-state index in [0.29, 0.717) is 31.6 Å². The number of hydrogen-bond acceptors (Lipinski definition) is 3. The van der Waals surface area contributed by atoms with Crippen molar-refractivity contribution in [3.8, 4) is 0 Å². The molecule has 0 fully saturated rings. The van der Waals surface area contributed by atoms with E-state index in [1.807, 2.05) is 60.0 Å². The van der Waals surface area contributed by atoms with E-state index in [1.165, 1.54) is 0 Å². The molecule has 0 bridgehead atoms. The minimum Gasteiger partial charge on any atom is -0.352 e. The van der Waals surface area contributed by atoms with Gasteiger partial charge in [-0.15, -0.1) is 13.2 Å². The third-order valence-corrected chi connectivity index (χ3v) is 5.03. The summed E-state index contributed by atoms with van der Waals surface area (Å²) in [5.74, 6) is 0.602. The van der Waals surface area contributed by atoms with Gasteiger partial charge in [-0.25, -0.2) is 4.98 Å². The number of rotatable bonds is 10. The summed E-state index contributed by atoms with van der Waals surface area (Å²) in [6, 6.07) is 15.2. The van der Waals surface area contributed by atoms with E-state index in [1.54, 1.807) is 17.1 Å². The third-order valence-electron chi connectivity index (χ3n) is 5.03. The van der Waals surface area contributed by atoms with Crippen LogP contribution in [0.25, 0.3) is 11.0 Å². The molecule has 6 heteroatoms. The quantitative estimate of drug-likeness (QED) is 0.514. The van der Waals surface area contributed by atoms with Gasteiger partial charge >= 0.3 is 0 Å². The lowest BCUT2D eigenvalue weighted by Crippen LogP contribution is -2.34. The molecule has 1 aromatic heterocycles. The Labute approximate surface area is 182 Å². The molecule has 31 heavy (non-hydrogen) atoms. The Hall–Kier alpha value is -3.67. The number of nitrogens with one attached hydrogen (secondary N) is 1. The SMILES string of the molecule is C=CCN(CC=C)C(=O)Cn1c(CCNC(=O)c2ccc(C)cc2)nc2ccccc21. The maximum atomic E-state index is 12.9. The van der Waals surface area contributed by atoms with Crippen LogP contribution in [-0.4, -0.2) is 45.9 Å². The summed E-state index contributed by atoms with van der Waals surface area (Å²) in [5, 5.41) is 2.94. The van der Waals surface area contributed by atoms with E-state index in [9.17, 15) is 9.59 Å². The number of amides is 2. The van der Waals surface area contributed by atoms with Gasteiger partial charge in [0.25, 0.3) is 5.91 Å². The number of para-hydroxylation sites is 2. The van der Waals surface area contributed by atoms with Gasteiger partial charge in [-0.05, 0) is 31.2 Å². The molecule has 6 nitrogen and oxygen atoms in total. The second-order valence-electron chi connectivity index (χ2n) is 7.35. The first-order valence-electron chi connectivity index (χ1n) is 10.3. The first-order valence-corrected chi connectivity index (χ1v) is 10.3.